The number of hydrogen-bond acceptors (Lipinski definition) is 3. The summed E-state index contributed by atoms with van der Waals surface area (Å²) in [6, 6.07) is 0. The Morgan fingerprint density at radius 1 is 1.88 bits per heavy atom. The maximum Gasteiger partial charge on any atom is 0.365 e. The summed E-state index contributed by atoms with van der Waals surface area (Å²) in [7, 11) is 0. The van der Waals surface area contributed by atoms with Crippen molar-refractivity contribution in [2.24, 2.45) is 0 Å². The predicted octanol–water partition coefficient (Wildman–Crippen LogP) is -0.0501. The van der Waals surface area contributed by atoms with Crippen molar-refractivity contribution >= 4 is 17.8 Å². The third-order valence-corrected chi connectivity index (χ3v) is 0.848. The second kappa shape index (κ2) is 2.30. The standard InChI is InChI=1S/C3H5ClO4/c1-3(7,8-4)2(5)6/h7H,1H3,(H,5,6). The van der Waals surface area contributed by atoms with Crippen LogP contribution in [0.2, 0.25) is 0 Å². The van der Waals surface area contributed by atoms with Crippen molar-refractivity contribution < 1.29 is 19.3 Å². The third kappa shape index (κ3) is 1.65. The maximum absolute atomic E-state index is 9.79. The van der Waals surface area contributed by atoms with Gasteiger partial charge in [0.15, 0.2) is 0 Å². The van der Waals surface area contributed by atoms with Gasteiger partial charge >= 0.3 is 5.97 Å². The molecule has 0 aromatic rings. The first-order valence-electron chi connectivity index (χ1n) is 1.76. The topological polar surface area (TPSA) is 66.8 Å². The average molecular weight is 141 g/mol. The van der Waals surface area contributed by atoms with Gasteiger partial charge in [-0.25, -0.2) is 9.08 Å². The van der Waals surface area contributed by atoms with Crippen molar-refractivity contribution in [3.8, 4) is 0 Å². The molecule has 0 rings (SSSR count). The molecule has 0 radical (unpaired) electrons. The number of carboxylic acids is 1. The molecule has 0 aliphatic rings. The van der Waals surface area contributed by atoms with E-state index in [0.717, 1.165) is 6.92 Å². The first-order chi connectivity index (χ1) is 3.50. The molecule has 1 atom stereocenters. The summed E-state index contributed by atoms with van der Waals surface area (Å²) in [6.45, 7) is 0.919. The monoisotopic (exact) mass is 140 g/mol. The zero-order valence-corrected chi connectivity index (χ0v) is 4.84. The van der Waals surface area contributed by atoms with Crippen molar-refractivity contribution in [2.75, 3.05) is 0 Å². The molecule has 48 valence electrons. The van der Waals surface area contributed by atoms with Crippen molar-refractivity contribution in [1.29, 1.82) is 0 Å². The van der Waals surface area contributed by atoms with Gasteiger partial charge < -0.3 is 10.2 Å². The normalized spacial score (nSPS) is 17.4. The summed E-state index contributed by atoms with van der Waals surface area (Å²) in [5.74, 6) is -3.80. The van der Waals surface area contributed by atoms with E-state index in [2.05, 4.69) is 16.2 Å². The van der Waals surface area contributed by atoms with Crippen LogP contribution in [0, 0.1) is 0 Å². The molecular weight excluding hydrogens is 135 g/mol. The van der Waals surface area contributed by atoms with Crippen LogP contribution in [0.15, 0.2) is 0 Å². The fraction of sp³-hybridized carbons (Fsp3) is 0.667. The van der Waals surface area contributed by atoms with Crippen LogP contribution in [0.4, 0.5) is 0 Å². The Morgan fingerprint density at radius 3 is 2.25 bits per heavy atom. The smallest absolute Gasteiger partial charge is 0.365 e. The van der Waals surface area contributed by atoms with Gasteiger partial charge in [0.2, 0.25) is 0 Å². The maximum atomic E-state index is 9.79. The van der Waals surface area contributed by atoms with Crippen LogP contribution >= 0.6 is 11.9 Å². The summed E-state index contributed by atoms with van der Waals surface area (Å²) in [5, 5.41) is 16.4. The van der Waals surface area contributed by atoms with Crippen LogP contribution < -0.4 is 0 Å². The van der Waals surface area contributed by atoms with Crippen molar-refractivity contribution in [1.82, 2.24) is 0 Å². The number of aliphatic hydroxyl groups is 1. The molecule has 2 N–H and O–H groups in total. The zero-order chi connectivity index (χ0) is 6.78. The van der Waals surface area contributed by atoms with E-state index < -0.39 is 11.8 Å². The number of carbonyl (C=O) groups is 1. The molecule has 0 saturated carbocycles. The molecule has 0 bridgehead atoms. The van der Waals surface area contributed by atoms with Crippen molar-refractivity contribution in [3.63, 3.8) is 0 Å². The van der Waals surface area contributed by atoms with Gasteiger partial charge in [-0.15, -0.1) is 0 Å². The number of rotatable bonds is 2. The number of aliphatic carboxylic acids is 1. The molecule has 0 spiro atoms. The van der Waals surface area contributed by atoms with Crippen LogP contribution in [0.25, 0.3) is 0 Å². The van der Waals surface area contributed by atoms with E-state index in [0.29, 0.717) is 0 Å². The molecule has 1 unspecified atom stereocenters. The first-order valence-corrected chi connectivity index (χ1v) is 2.07. The van der Waals surface area contributed by atoms with E-state index in [-0.39, 0.29) is 0 Å². The van der Waals surface area contributed by atoms with Gasteiger partial charge in [-0.3, -0.25) is 0 Å². The van der Waals surface area contributed by atoms with Crippen molar-refractivity contribution in [2.45, 2.75) is 12.7 Å². The second-order valence-corrected chi connectivity index (χ2v) is 1.52. The van der Waals surface area contributed by atoms with Gasteiger partial charge in [0.1, 0.15) is 0 Å². The highest BCUT2D eigenvalue weighted by Crippen LogP contribution is 2.06. The third-order valence-electron chi connectivity index (χ3n) is 0.547. The van der Waals surface area contributed by atoms with E-state index in [1.165, 1.54) is 0 Å². The SMILES string of the molecule is CC(O)(OCl)C(=O)O. The van der Waals surface area contributed by atoms with Gasteiger partial charge in [-0.2, -0.15) is 0 Å². The fourth-order valence-electron chi connectivity index (χ4n) is 0.0330. The van der Waals surface area contributed by atoms with Crippen LogP contribution in [-0.4, -0.2) is 22.0 Å². The zero-order valence-electron chi connectivity index (χ0n) is 4.09. The molecule has 0 aromatic carbocycles. The van der Waals surface area contributed by atoms with Crippen LogP contribution in [0.5, 0.6) is 0 Å². The molecule has 4 nitrogen and oxygen atoms in total. The van der Waals surface area contributed by atoms with E-state index in [9.17, 15) is 4.79 Å². The summed E-state index contributed by atoms with van der Waals surface area (Å²) >= 11 is 4.56. The van der Waals surface area contributed by atoms with E-state index >= 15 is 0 Å². The molecule has 0 aliphatic carbocycles. The Balaban J connectivity index is 3.91. The molecule has 0 heterocycles. The lowest BCUT2D eigenvalue weighted by atomic mass is 10.3. The summed E-state index contributed by atoms with van der Waals surface area (Å²) in [6.07, 6.45) is 0. The largest absolute Gasteiger partial charge is 0.477 e. The quantitative estimate of drug-likeness (QED) is 0.528. The predicted molar refractivity (Wildman–Crippen MR) is 25.2 cm³/mol. The highest BCUT2D eigenvalue weighted by atomic mass is 35.5. The molecule has 8 heavy (non-hydrogen) atoms. The van der Waals surface area contributed by atoms with Gasteiger partial charge in [0.05, 0.1) is 11.9 Å². The highest BCUT2D eigenvalue weighted by molar-refractivity contribution is 6.08. The Labute approximate surface area is 50.8 Å². The van der Waals surface area contributed by atoms with E-state index in [4.69, 9.17) is 10.2 Å². The van der Waals surface area contributed by atoms with Gasteiger partial charge in [0.25, 0.3) is 5.79 Å². The van der Waals surface area contributed by atoms with Crippen molar-refractivity contribution in [3.05, 3.63) is 0 Å². The Morgan fingerprint density at radius 2 is 2.25 bits per heavy atom. The molecule has 0 aromatic heterocycles. The lowest BCUT2D eigenvalue weighted by molar-refractivity contribution is -0.187. The van der Waals surface area contributed by atoms with Crippen LogP contribution in [0.3, 0.4) is 0 Å². The first kappa shape index (κ1) is 7.68. The number of hydrogen-bond donors (Lipinski definition) is 2. The van der Waals surface area contributed by atoms with Gasteiger partial charge in [-0.05, 0) is 0 Å². The lowest BCUT2D eigenvalue weighted by Gasteiger charge is -2.10. The minimum Gasteiger partial charge on any atom is -0.477 e. The summed E-state index contributed by atoms with van der Waals surface area (Å²) in [5.41, 5.74) is 0. The van der Waals surface area contributed by atoms with Crippen LogP contribution in [0.1, 0.15) is 6.92 Å². The Hall–Kier alpha value is -0.320. The molecule has 0 fully saturated rings. The Bertz CT molecular complexity index is 99.5. The molecule has 5 heteroatoms. The molecular formula is C3H5ClO4. The van der Waals surface area contributed by atoms with Crippen LogP contribution in [-0.2, 0) is 9.08 Å². The minimum atomic E-state index is -2.28. The molecule has 0 amide bonds. The molecule has 0 saturated heterocycles. The van der Waals surface area contributed by atoms with Gasteiger partial charge in [-0.1, -0.05) is 0 Å². The number of carboxylic acid groups (broad SMARTS) is 1. The van der Waals surface area contributed by atoms with E-state index in [1.54, 1.807) is 0 Å². The average Bonchev–Trinajstić information content (AvgIpc) is 1.67. The summed E-state index contributed by atoms with van der Waals surface area (Å²) in [4.78, 5) is 9.79. The van der Waals surface area contributed by atoms with Gasteiger partial charge in [0, 0.05) is 6.92 Å². The second-order valence-electron chi connectivity index (χ2n) is 1.37. The Kier molecular flexibility index (Phi) is 2.21. The highest BCUT2D eigenvalue weighted by Gasteiger charge is 2.30. The molecule has 0 aliphatic heterocycles. The minimum absolute atomic E-state index is 0.919. The van der Waals surface area contributed by atoms with E-state index in [1.807, 2.05) is 0 Å². The summed E-state index contributed by atoms with van der Waals surface area (Å²) < 4.78 is 3.63. The lowest BCUT2D eigenvalue weighted by Crippen LogP contribution is -2.34. The fourth-order valence-corrected chi connectivity index (χ4v) is 0.0990. The number of halogens is 1.